The Bertz CT molecular complexity index is 757. The number of carbonyl (C=O) groups is 2. The molecule has 1 atom stereocenters. The van der Waals surface area contributed by atoms with Crippen molar-refractivity contribution in [2.75, 3.05) is 53.3 Å². The van der Waals surface area contributed by atoms with Crippen LogP contribution in [0.25, 0.3) is 0 Å². The molecule has 1 heterocycles. The number of benzene rings is 1. The number of aryl methyl sites for hydroxylation is 1. The number of carbonyl (C=O) groups excluding carboxylic acids is 2. The topological polar surface area (TPSA) is 68.3 Å². The lowest BCUT2D eigenvalue weighted by atomic mass is 10.1. The minimum atomic E-state index is -0.212. The number of nitrogens with zero attached hydrogens (tertiary/aromatic N) is 2. The average Bonchev–Trinajstić information content (AvgIpc) is 2.74. The number of morpholine rings is 1. The van der Waals surface area contributed by atoms with Crippen LogP contribution in [0.2, 0.25) is 0 Å². The number of thioether (sulfide) groups is 1. The second-order valence-corrected chi connectivity index (χ2v) is 8.89. The van der Waals surface area contributed by atoms with Crippen LogP contribution in [0.3, 0.4) is 0 Å². The molecule has 9 heteroatoms. The van der Waals surface area contributed by atoms with Crippen molar-refractivity contribution in [1.82, 2.24) is 9.80 Å². The SMILES string of the molecule is COc1cc(CCC(C)=O)ccc1OCC1CN(C(=O)CSC(=S)N(C)C)CCO1. The number of thiocarbonyl (C=S) groups is 1. The van der Waals surface area contributed by atoms with E-state index in [0.717, 1.165) is 5.56 Å². The molecule has 0 saturated carbocycles. The molecule has 7 nitrogen and oxygen atoms in total. The van der Waals surface area contributed by atoms with E-state index in [1.807, 2.05) is 37.2 Å². The van der Waals surface area contributed by atoms with Gasteiger partial charge in [0.2, 0.25) is 5.91 Å². The van der Waals surface area contributed by atoms with Gasteiger partial charge in [-0.1, -0.05) is 30.0 Å². The molecule has 1 aromatic carbocycles. The Morgan fingerprint density at radius 1 is 1.33 bits per heavy atom. The molecular weight excluding hydrogens is 424 g/mol. The molecular formula is C21H30N2O5S2. The number of hydrogen-bond acceptors (Lipinski definition) is 7. The second kappa shape index (κ2) is 12.1. The zero-order chi connectivity index (χ0) is 22.1. The molecule has 0 spiro atoms. The van der Waals surface area contributed by atoms with E-state index in [1.54, 1.807) is 18.9 Å². The summed E-state index contributed by atoms with van der Waals surface area (Å²) in [5.41, 5.74) is 1.02. The van der Waals surface area contributed by atoms with Gasteiger partial charge in [0.05, 0.1) is 26.0 Å². The van der Waals surface area contributed by atoms with Gasteiger partial charge in [-0.05, 0) is 31.0 Å². The Morgan fingerprint density at radius 3 is 2.77 bits per heavy atom. The minimum absolute atomic E-state index is 0.0462. The fraction of sp³-hybridized carbons (Fsp3) is 0.571. The summed E-state index contributed by atoms with van der Waals surface area (Å²) in [4.78, 5) is 27.3. The lowest BCUT2D eigenvalue weighted by Crippen LogP contribution is -2.48. The Balaban J connectivity index is 1.87. The van der Waals surface area contributed by atoms with Gasteiger partial charge < -0.3 is 28.8 Å². The lowest BCUT2D eigenvalue weighted by molar-refractivity contribution is -0.137. The Labute approximate surface area is 188 Å². The molecule has 1 aliphatic heterocycles. The van der Waals surface area contributed by atoms with Gasteiger partial charge in [-0.15, -0.1) is 0 Å². The first-order chi connectivity index (χ1) is 14.3. The quantitative estimate of drug-likeness (QED) is 0.527. The van der Waals surface area contributed by atoms with Crippen molar-refractivity contribution < 1.29 is 23.8 Å². The first-order valence-corrected chi connectivity index (χ1v) is 11.2. The molecule has 166 valence electrons. The van der Waals surface area contributed by atoms with Crippen molar-refractivity contribution >= 4 is 40.0 Å². The van der Waals surface area contributed by atoms with Crippen LogP contribution in [0.4, 0.5) is 0 Å². The number of hydrogen-bond donors (Lipinski definition) is 0. The van der Waals surface area contributed by atoms with Crippen LogP contribution in [-0.4, -0.2) is 85.2 Å². The summed E-state index contributed by atoms with van der Waals surface area (Å²) in [7, 11) is 5.32. The van der Waals surface area contributed by atoms with E-state index >= 15 is 0 Å². The van der Waals surface area contributed by atoms with Gasteiger partial charge in [-0.2, -0.15) is 0 Å². The van der Waals surface area contributed by atoms with Crippen LogP contribution in [0, 0.1) is 0 Å². The minimum Gasteiger partial charge on any atom is -0.493 e. The zero-order valence-corrected chi connectivity index (χ0v) is 19.6. The molecule has 1 saturated heterocycles. The highest BCUT2D eigenvalue weighted by Gasteiger charge is 2.25. The third-order valence-electron chi connectivity index (χ3n) is 4.59. The average molecular weight is 455 g/mol. The molecule has 30 heavy (non-hydrogen) atoms. The number of amides is 1. The summed E-state index contributed by atoms with van der Waals surface area (Å²) < 4.78 is 17.8. The van der Waals surface area contributed by atoms with Gasteiger partial charge in [-0.25, -0.2) is 0 Å². The summed E-state index contributed by atoms with van der Waals surface area (Å²) >= 11 is 6.59. The monoisotopic (exact) mass is 454 g/mol. The molecule has 0 aliphatic carbocycles. The van der Waals surface area contributed by atoms with E-state index < -0.39 is 0 Å². The van der Waals surface area contributed by atoms with Crippen molar-refractivity contribution in [2.45, 2.75) is 25.9 Å². The molecule has 0 aromatic heterocycles. The second-order valence-electron chi connectivity index (χ2n) is 7.28. The van der Waals surface area contributed by atoms with E-state index in [2.05, 4.69) is 0 Å². The van der Waals surface area contributed by atoms with Crippen LogP contribution in [-0.2, 0) is 20.7 Å². The summed E-state index contributed by atoms with van der Waals surface area (Å²) in [6.45, 7) is 3.42. The first-order valence-electron chi connectivity index (χ1n) is 9.82. The Kier molecular flexibility index (Phi) is 9.87. The summed E-state index contributed by atoms with van der Waals surface area (Å²) in [6, 6.07) is 5.67. The molecule has 0 bridgehead atoms. The van der Waals surface area contributed by atoms with Crippen LogP contribution in [0.5, 0.6) is 11.5 Å². The summed E-state index contributed by atoms with van der Waals surface area (Å²) in [5, 5.41) is 0. The van der Waals surface area contributed by atoms with E-state index in [1.165, 1.54) is 11.8 Å². The molecule has 0 N–H and O–H groups in total. The summed E-state index contributed by atoms with van der Waals surface area (Å²) in [5.74, 6) is 1.76. The fourth-order valence-electron chi connectivity index (χ4n) is 2.88. The molecule has 1 amide bonds. The van der Waals surface area contributed by atoms with Gasteiger partial charge >= 0.3 is 0 Å². The van der Waals surface area contributed by atoms with Crippen LogP contribution >= 0.6 is 24.0 Å². The first kappa shape index (κ1) is 24.4. The smallest absolute Gasteiger partial charge is 0.233 e. The van der Waals surface area contributed by atoms with E-state index in [9.17, 15) is 9.59 Å². The van der Waals surface area contributed by atoms with Crippen LogP contribution in [0.1, 0.15) is 18.9 Å². The Hall–Kier alpha value is -1.84. The number of ether oxygens (including phenoxy) is 3. The van der Waals surface area contributed by atoms with Gasteiger partial charge in [0, 0.05) is 27.1 Å². The highest BCUT2D eigenvalue weighted by atomic mass is 32.2. The van der Waals surface area contributed by atoms with E-state index in [0.29, 0.717) is 60.7 Å². The van der Waals surface area contributed by atoms with Crippen molar-refractivity contribution in [1.29, 1.82) is 0 Å². The standard InChI is InChI=1S/C21H30N2O5S2/c1-15(24)5-6-16-7-8-18(19(11-16)26-4)28-13-17-12-23(9-10-27-17)20(25)14-30-21(29)22(2)3/h7-8,11,17H,5-6,9-10,12-14H2,1-4H3. The molecule has 0 radical (unpaired) electrons. The van der Waals surface area contributed by atoms with Gasteiger partial charge in [0.15, 0.2) is 11.5 Å². The number of ketones is 1. The highest BCUT2D eigenvalue weighted by Crippen LogP contribution is 2.29. The van der Waals surface area contributed by atoms with Crippen LogP contribution < -0.4 is 9.47 Å². The molecule has 1 aromatic rings. The predicted molar refractivity (Wildman–Crippen MR) is 123 cm³/mol. The highest BCUT2D eigenvalue weighted by molar-refractivity contribution is 8.23. The largest absolute Gasteiger partial charge is 0.493 e. The van der Waals surface area contributed by atoms with Crippen molar-refractivity contribution in [3.05, 3.63) is 23.8 Å². The van der Waals surface area contributed by atoms with Crippen molar-refractivity contribution in [2.24, 2.45) is 0 Å². The van der Waals surface area contributed by atoms with Gasteiger partial charge in [0.1, 0.15) is 22.8 Å². The van der Waals surface area contributed by atoms with Crippen molar-refractivity contribution in [3.63, 3.8) is 0 Å². The Morgan fingerprint density at radius 2 is 2.10 bits per heavy atom. The van der Waals surface area contributed by atoms with Crippen molar-refractivity contribution in [3.8, 4) is 11.5 Å². The third kappa shape index (κ3) is 7.77. The van der Waals surface area contributed by atoms with E-state index in [4.69, 9.17) is 26.4 Å². The molecule has 2 rings (SSSR count). The fourth-order valence-corrected chi connectivity index (χ4v) is 3.74. The summed E-state index contributed by atoms with van der Waals surface area (Å²) in [6.07, 6.45) is 0.959. The normalized spacial score (nSPS) is 16.1. The van der Waals surface area contributed by atoms with Crippen LogP contribution in [0.15, 0.2) is 18.2 Å². The lowest BCUT2D eigenvalue weighted by Gasteiger charge is -2.33. The number of Topliss-reactive ketones (excluding diaryl/α,β-unsaturated/α-hetero) is 1. The predicted octanol–water partition coefficient (Wildman–Crippen LogP) is 2.40. The van der Waals surface area contributed by atoms with Gasteiger partial charge in [0.25, 0.3) is 0 Å². The van der Waals surface area contributed by atoms with E-state index in [-0.39, 0.29) is 17.8 Å². The molecule has 1 unspecified atom stereocenters. The maximum Gasteiger partial charge on any atom is 0.233 e. The number of rotatable bonds is 9. The number of methoxy groups -OCH3 is 1. The maximum atomic E-state index is 12.5. The third-order valence-corrected chi connectivity index (χ3v) is 6.32. The van der Waals surface area contributed by atoms with Gasteiger partial charge in [-0.3, -0.25) is 4.79 Å². The zero-order valence-electron chi connectivity index (χ0n) is 18.0. The maximum absolute atomic E-state index is 12.5. The molecule has 1 fully saturated rings. The molecule has 1 aliphatic rings.